The molecule has 0 bridgehead atoms. The third-order valence-corrected chi connectivity index (χ3v) is 7.65. The van der Waals surface area contributed by atoms with E-state index in [4.69, 9.17) is 0 Å². The molecule has 0 unspecified atom stereocenters. The number of esters is 1. The largest absolute Gasteiger partial charge is 0.465 e. The van der Waals surface area contributed by atoms with Crippen LogP contribution in [0.15, 0.2) is 0 Å². The van der Waals surface area contributed by atoms with Gasteiger partial charge in [-0.1, -0.05) is 0 Å². The van der Waals surface area contributed by atoms with E-state index >= 15 is 0 Å². The summed E-state index contributed by atoms with van der Waals surface area (Å²) < 4.78 is 354. The molecule has 0 aliphatic heterocycles. The molecule has 0 saturated heterocycles. The number of rotatable bonds is 17. The second kappa shape index (κ2) is 13.4. The number of aliphatic hydroxyl groups is 1. The first-order valence-corrected chi connectivity index (χ1v) is 13.0. The lowest BCUT2D eigenvalue weighted by atomic mass is 9.68. The number of carbonyl (C=O) groups excluding carboxylic acids is 1. The molecule has 0 aromatic rings. The molecule has 0 amide bonds. The summed E-state index contributed by atoms with van der Waals surface area (Å²) in [5, 5.41) is 10.7. The van der Waals surface area contributed by atoms with Crippen LogP contribution in [0.25, 0.3) is 0 Å². The molecule has 3 nitrogen and oxygen atoms in total. The molecule has 1 N–H and O–H groups in total. The SMILES string of the molecule is CCOC(=O)C(C)(C)C(O)(CCC(F)(F)C(F)(F)C(F)(F)C(F)(F)C(F)(F)C(F)(F)F)CCC(F)(F)C(F)(F)C(F)(F)C(F)(F)C(F)(F)C(F)(F)F. The van der Waals surface area contributed by atoms with Gasteiger partial charge in [0, 0.05) is 12.8 Å². The molecular weight excluding hydrogens is 818 g/mol. The van der Waals surface area contributed by atoms with Crippen molar-refractivity contribution in [2.75, 3.05) is 6.61 Å². The van der Waals surface area contributed by atoms with Gasteiger partial charge in [-0.15, -0.1) is 0 Å². The maximum absolute atomic E-state index is 14.4. The van der Waals surface area contributed by atoms with Crippen LogP contribution >= 0.6 is 0 Å². The number of ether oxygens (including phenoxy) is 1. The number of hydrogen-bond acceptors (Lipinski definition) is 3. The molecular formula is C23H20F26O3. The van der Waals surface area contributed by atoms with Crippen LogP contribution in [-0.4, -0.2) is 94.9 Å². The summed E-state index contributed by atoms with van der Waals surface area (Å²) in [7, 11) is 0. The molecule has 0 aromatic heterocycles. The highest BCUT2D eigenvalue weighted by Crippen LogP contribution is 2.63. The molecule has 52 heavy (non-hydrogen) atoms. The quantitative estimate of drug-likeness (QED) is 0.117. The Morgan fingerprint density at radius 2 is 0.654 bits per heavy atom. The Labute approximate surface area is 271 Å². The van der Waals surface area contributed by atoms with Crippen molar-refractivity contribution in [1.82, 2.24) is 0 Å². The summed E-state index contributed by atoms with van der Waals surface area (Å²) >= 11 is 0. The van der Waals surface area contributed by atoms with E-state index in [1.54, 1.807) is 0 Å². The maximum Gasteiger partial charge on any atom is 0.460 e. The number of hydrogen-bond donors (Lipinski definition) is 1. The van der Waals surface area contributed by atoms with Crippen molar-refractivity contribution in [3.8, 4) is 0 Å². The fourth-order valence-electron chi connectivity index (χ4n) is 3.90. The summed E-state index contributed by atoms with van der Waals surface area (Å²) in [5.74, 6) is -83.1. The minimum Gasteiger partial charge on any atom is -0.465 e. The lowest BCUT2D eigenvalue weighted by molar-refractivity contribution is -0.441. The van der Waals surface area contributed by atoms with Gasteiger partial charge in [0.15, 0.2) is 0 Å². The summed E-state index contributed by atoms with van der Waals surface area (Å²) in [6.07, 6.45) is -28.6. The molecule has 29 heteroatoms. The van der Waals surface area contributed by atoms with E-state index in [0.717, 1.165) is 6.92 Å². The Morgan fingerprint density at radius 1 is 0.423 bits per heavy atom. The number of carbonyl (C=O) groups is 1. The van der Waals surface area contributed by atoms with Gasteiger partial charge >= 0.3 is 77.5 Å². The monoisotopic (exact) mass is 838 g/mol. The molecule has 0 fully saturated rings. The fourth-order valence-corrected chi connectivity index (χ4v) is 3.90. The second-order valence-electron chi connectivity index (χ2n) is 11.4. The van der Waals surface area contributed by atoms with Gasteiger partial charge < -0.3 is 9.84 Å². The van der Waals surface area contributed by atoms with Crippen LogP contribution in [0, 0.1) is 5.41 Å². The molecule has 0 rings (SSSR count). The van der Waals surface area contributed by atoms with Crippen LogP contribution < -0.4 is 0 Å². The Balaban J connectivity index is 7.13. The lowest BCUT2D eigenvalue weighted by Gasteiger charge is -2.44. The average Bonchev–Trinajstić information content (AvgIpc) is 2.92. The van der Waals surface area contributed by atoms with E-state index in [0.29, 0.717) is 0 Å². The molecule has 0 heterocycles. The topological polar surface area (TPSA) is 46.5 Å². The van der Waals surface area contributed by atoms with E-state index in [1.807, 2.05) is 0 Å². The van der Waals surface area contributed by atoms with Gasteiger partial charge in [0.2, 0.25) is 0 Å². The van der Waals surface area contributed by atoms with Crippen LogP contribution in [-0.2, 0) is 9.53 Å². The van der Waals surface area contributed by atoms with E-state index in [1.165, 1.54) is 0 Å². The minimum absolute atomic E-state index is 0.0663. The molecule has 0 aromatic carbocycles. The third kappa shape index (κ3) is 7.23. The van der Waals surface area contributed by atoms with Gasteiger partial charge in [-0.25, -0.2) is 0 Å². The predicted octanol–water partition coefficient (Wildman–Crippen LogP) is 10.3. The van der Waals surface area contributed by atoms with Gasteiger partial charge in [-0.3, -0.25) is 4.79 Å². The smallest absolute Gasteiger partial charge is 0.460 e. The minimum atomic E-state index is -8.48. The Kier molecular flexibility index (Phi) is 12.8. The Bertz CT molecular complexity index is 1180. The molecule has 312 valence electrons. The zero-order valence-electron chi connectivity index (χ0n) is 25.1. The van der Waals surface area contributed by atoms with Gasteiger partial charge in [0.25, 0.3) is 0 Å². The lowest BCUT2D eigenvalue weighted by Crippen LogP contribution is -2.70. The predicted molar refractivity (Wildman–Crippen MR) is 115 cm³/mol. The molecule has 0 aliphatic carbocycles. The number of halogens is 26. The van der Waals surface area contributed by atoms with Crippen molar-refractivity contribution in [3.05, 3.63) is 0 Å². The van der Waals surface area contributed by atoms with Crippen molar-refractivity contribution < 1.29 is 129 Å². The van der Waals surface area contributed by atoms with E-state index in [2.05, 4.69) is 4.74 Å². The second-order valence-corrected chi connectivity index (χ2v) is 11.4. The van der Waals surface area contributed by atoms with Crippen LogP contribution in [0.1, 0.15) is 46.5 Å². The van der Waals surface area contributed by atoms with Gasteiger partial charge in [-0.2, -0.15) is 114 Å². The summed E-state index contributed by atoms with van der Waals surface area (Å²) in [6, 6.07) is 0. The van der Waals surface area contributed by atoms with Gasteiger partial charge in [-0.05, 0) is 33.6 Å². The molecule has 0 radical (unpaired) electrons. The van der Waals surface area contributed by atoms with Crippen LogP contribution in [0.3, 0.4) is 0 Å². The summed E-state index contributed by atoms with van der Waals surface area (Å²) in [4.78, 5) is 12.3. The van der Waals surface area contributed by atoms with E-state index < -0.39 is 121 Å². The molecule has 0 saturated carbocycles. The molecule has 0 spiro atoms. The van der Waals surface area contributed by atoms with Crippen molar-refractivity contribution in [2.45, 2.75) is 124 Å². The van der Waals surface area contributed by atoms with Gasteiger partial charge in [0.05, 0.1) is 17.6 Å². The van der Waals surface area contributed by atoms with Crippen LogP contribution in [0.2, 0.25) is 0 Å². The maximum atomic E-state index is 14.4. The standard InChI is InChI=1S/C23H20F26O3/c1-4-52-9(50)10(2,3)11(51,5-7-12(24,25)14(28,29)16(32,33)18(36,37)20(40,41)22(44,45)46)6-8-13(26,27)15(30,31)17(34,35)19(38,39)21(42,43)23(47,48)49/h51H,4-8H2,1-3H3. The first-order valence-electron chi connectivity index (χ1n) is 13.0. The van der Waals surface area contributed by atoms with E-state index in [-0.39, 0.29) is 13.8 Å². The molecule has 0 atom stereocenters. The van der Waals surface area contributed by atoms with Crippen molar-refractivity contribution in [1.29, 1.82) is 0 Å². The zero-order valence-corrected chi connectivity index (χ0v) is 25.1. The Morgan fingerprint density at radius 3 is 0.865 bits per heavy atom. The van der Waals surface area contributed by atoms with Gasteiger partial charge in [0.1, 0.15) is 0 Å². The van der Waals surface area contributed by atoms with E-state index in [9.17, 15) is 124 Å². The first kappa shape index (κ1) is 49.6. The highest BCUT2D eigenvalue weighted by atomic mass is 19.4. The summed E-state index contributed by atoms with van der Waals surface area (Å²) in [5.41, 5.74) is -7.84. The van der Waals surface area contributed by atoms with Crippen molar-refractivity contribution in [3.63, 3.8) is 0 Å². The van der Waals surface area contributed by atoms with Crippen LogP contribution in [0.5, 0.6) is 0 Å². The highest BCUT2D eigenvalue weighted by Gasteiger charge is 2.92. The third-order valence-electron chi connectivity index (χ3n) is 7.65. The normalized spacial score (nSPS) is 16.3. The fraction of sp³-hybridized carbons (Fsp3) is 0.957. The van der Waals surface area contributed by atoms with Crippen LogP contribution in [0.4, 0.5) is 114 Å². The van der Waals surface area contributed by atoms with Crippen molar-refractivity contribution in [2.24, 2.45) is 5.41 Å². The highest BCUT2D eigenvalue weighted by molar-refractivity contribution is 5.77. The average molecular weight is 838 g/mol. The molecule has 0 aliphatic rings. The Hall–Kier alpha value is -2.39. The first-order chi connectivity index (χ1) is 22.1. The summed E-state index contributed by atoms with van der Waals surface area (Å²) in [6.45, 7) is 0.0341. The number of alkyl halides is 26. The van der Waals surface area contributed by atoms with Crippen molar-refractivity contribution >= 4 is 5.97 Å². The zero-order chi connectivity index (χ0) is 42.8.